The average Bonchev–Trinajstić information content (AvgIpc) is 2.71. The van der Waals surface area contributed by atoms with Crippen LogP contribution in [0, 0.1) is 12.7 Å². The molecule has 0 unspecified atom stereocenters. The first-order valence-corrected chi connectivity index (χ1v) is 5.71. The topological polar surface area (TPSA) is 56.1 Å². The summed E-state index contributed by atoms with van der Waals surface area (Å²) in [5.41, 5.74) is 1.42. The van der Waals surface area contributed by atoms with E-state index >= 15 is 0 Å². The van der Waals surface area contributed by atoms with Gasteiger partial charge in [-0.2, -0.15) is 5.10 Å². The Balaban J connectivity index is 2.30. The van der Waals surface area contributed by atoms with Gasteiger partial charge in [0.1, 0.15) is 18.2 Å². The Bertz CT molecular complexity index is 578. The van der Waals surface area contributed by atoms with Crippen LogP contribution in [0.1, 0.15) is 5.69 Å². The molecule has 1 aromatic carbocycles. The lowest BCUT2D eigenvalue weighted by atomic mass is 10.3. The van der Waals surface area contributed by atoms with Gasteiger partial charge in [0.05, 0.1) is 11.4 Å². The van der Waals surface area contributed by atoms with Crippen molar-refractivity contribution in [2.24, 2.45) is 0 Å². The zero-order valence-corrected chi connectivity index (χ0v) is 10.7. The van der Waals surface area contributed by atoms with Crippen molar-refractivity contribution in [3.63, 3.8) is 0 Å². The highest BCUT2D eigenvalue weighted by Crippen LogP contribution is 2.17. The lowest BCUT2D eigenvalue weighted by Crippen LogP contribution is -2.19. The largest absolute Gasteiger partial charge is 0.375 e. The fraction of sp³-hybridized carbons (Fsp3) is 0.231. The highest BCUT2D eigenvalue weighted by atomic mass is 19.1. The summed E-state index contributed by atoms with van der Waals surface area (Å²) in [5.74, 6) is -0.0745. The van der Waals surface area contributed by atoms with Crippen LogP contribution >= 0.6 is 0 Å². The number of aromatic nitrogens is 2. The smallest absolute Gasteiger partial charge is 0.251 e. The Labute approximate surface area is 110 Å². The molecule has 19 heavy (non-hydrogen) atoms. The van der Waals surface area contributed by atoms with Gasteiger partial charge >= 0.3 is 0 Å². The molecule has 0 bridgehead atoms. The Morgan fingerprint density at radius 3 is 2.74 bits per heavy atom. The van der Waals surface area contributed by atoms with Crippen molar-refractivity contribution in [2.75, 3.05) is 19.0 Å². The second-order valence-corrected chi connectivity index (χ2v) is 4.04. The van der Waals surface area contributed by atoms with Gasteiger partial charge in [-0.1, -0.05) is 0 Å². The lowest BCUT2D eigenvalue weighted by Gasteiger charge is -2.08. The molecule has 1 amide bonds. The number of methoxy groups -OCH3 is 1. The third-order valence-corrected chi connectivity index (χ3v) is 2.45. The molecule has 2 aromatic rings. The Kier molecular flexibility index (Phi) is 3.91. The number of amides is 1. The summed E-state index contributed by atoms with van der Waals surface area (Å²) in [4.78, 5) is 11.5. The third kappa shape index (κ3) is 3.17. The number of carbonyl (C=O) groups excluding carboxylic acids is 1. The van der Waals surface area contributed by atoms with Gasteiger partial charge < -0.3 is 10.1 Å². The van der Waals surface area contributed by atoms with Crippen molar-refractivity contribution in [2.45, 2.75) is 6.92 Å². The quantitative estimate of drug-likeness (QED) is 0.916. The van der Waals surface area contributed by atoms with Gasteiger partial charge in [0, 0.05) is 13.2 Å². The van der Waals surface area contributed by atoms with E-state index in [0.29, 0.717) is 11.5 Å². The highest BCUT2D eigenvalue weighted by molar-refractivity contribution is 5.91. The molecule has 0 spiro atoms. The molecular formula is C13H14FN3O2. The van der Waals surface area contributed by atoms with Crippen LogP contribution in [-0.4, -0.2) is 29.4 Å². The molecule has 0 radical (unpaired) electrons. The third-order valence-electron chi connectivity index (χ3n) is 2.45. The minimum atomic E-state index is -0.322. The van der Waals surface area contributed by atoms with Gasteiger partial charge in [0.2, 0.25) is 0 Å². The number of anilines is 1. The van der Waals surface area contributed by atoms with Gasteiger partial charge in [-0.3, -0.25) is 4.79 Å². The van der Waals surface area contributed by atoms with E-state index in [9.17, 15) is 9.18 Å². The maximum Gasteiger partial charge on any atom is 0.251 e. The van der Waals surface area contributed by atoms with Gasteiger partial charge in [0.25, 0.3) is 5.91 Å². The predicted molar refractivity (Wildman–Crippen MR) is 68.8 cm³/mol. The fourth-order valence-corrected chi connectivity index (χ4v) is 1.68. The number of nitrogens with one attached hydrogen (secondary N) is 1. The molecule has 100 valence electrons. The lowest BCUT2D eigenvalue weighted by molar-refractivity contribution is -0.119. The van der Waals surface area contributed by atoms with Crippen molar-refractivity contribution >= 4 is 11.7 Å². The Morgan fingerprint density at radius 1 is 1.42 bits per heavy atom. The molecule has 6 heteroatoms. The van der Waals surface area contributed by atoms with E-state index in [1.54, 1.807) is 22.9 Å². The number of aryl methyl sites for hydroxylation is 1. The second kappa shape index (κ2) is 5.62. The number of ether oxygens (including phenoxy) is 1. The summed E-state index contributed by atoms with van der Waals surface area (Å²) in [5, 5.41) is 6.95. The predicted octanol–water partition coefficient (Wildman–Crippen LogP) is 1.90. The normalized spacial score (nSPS) is 10.5. The maximum atomic E-state index is 12.9. The number of halogens is 1. The molecule has 1 aromatic heterocycles. The molecule has 0 aliphatic heterocycles. The maximum absolute atomic E-state index is 12.9. The van der Waals surface area contributed by atoms with Crippen LogP contribution in [0.2, 0.25) is 0 Å². The highest BCUT2D eigenvalue weighted by Gasteiger charge is 2.10. The number of benzene rings is 1. The minimum absolute atomic E-state index is 0.0341. The first kappa shape index (κ1) is 13.2. The summed E-state index contributed by atoms with van der Waals surface area (Å²) in [6, 6.07) is 7.60. The van der Waals surface area contributed by atoms with Gasteiger partial charge in [-0.15, -0.1) is 0 Å². The van der Waals surface area contributed by atoms with Crippen molar-refractivity contribution in [3.05, 3.63) is 41.8 Å². The summed E-state index contributed by atoms with van der Waals surface area (Å²) in [6.07, 6.45) is 0. The summed E-state index contributed by atoms with van der Waals surface area (Å²) >= 11 is 0. The van der Waals surface area contributed by atoms with Crippen molar-refractivity contribution in [3.8, 4) is 5.69 Å². The molecule has 0 aliphatic rings. The number of hydrogen-bond acceptors (Lipinski definition) is 3. The van der Waals surface area contributed by atoms with Crippen LogP contribution in [0.15, 0.2) is 30.3 Å². The van der Waals surface area contributed by atoms with Crippen LogP contribution in [0.4, 0.5) is 10.2 Å². The first-order valence-electron chi connectivity index (χ1n) is 5.71. The SMILES string of the molecule is COCC(=O)Nc1cc(C)nn1-c1ccc(F)cc1. The van der Waals surface area contributed by atoms with Gasteiger partial charge in [-0.25, -0.2) is 9.07 Å². The zero-order valence-electron chi connectivity index (χ0n) is 10.7. The van der Waals surface area contributed by atoms with Crippen LogP contribution in [0.25, 0.3) is 5.69 Å². The summed E-state index contributed by atoms with van der Waals surface area (Å²) in [6.45, 7) is 1.78. The minimum Gasteiger partial charge on any atom is -0.375 e. The number of rotatable bonds is 4. The van der Waals surface area contributed by atoms with E-state index in [0.717, 1.165) is 5.69 Å². The molecule has 0 atom stereocenters. The van der Waals surface area contributed by atoms with E-state index < -0.39 is 0 Å². The Morgan fingerprint density at radius 2 is 2.11 bits per heavy atom. The van der Waals surface area contributed by atoms with E-state index in [-0.39, 0.29) is 18.3 Å². The van der Waals surface area contributed by atoms with Crippen molar-refractivity contribution in [1.82, 2.24) is 9.78 Å². The van der Waals surface area contributed by atoms with E-state index in [2.05, 4.69) is 10.4 Å². The zero-order chi connectivity index (χ0) is 13.8. The van der Waals surface area contributed by atoms with Crippen LogP contribution in [-0.2, 0) is 9.53 Å². The van der Waals surface area contributed by atoms with Crippen LogP contribution < -0.4 is 5.32 Å². The molecule has 2 rings (SSSR count). The average molecular weight is 263 g/mol. The van der Waals surface area contributed by atoms with E-state index in [1.807, 2.05) is 6.92 Å². The molecular weight excluding hydrogens is 249 g/mol. The van der Waals surface area contributed by atoms with Crippen LogP contribution in [0.3, 0.4) is 0 Å². The molecule has 0 saturated heterocycles. The monoisotopic (exact) mass is 263 g/mol. The van der Waals surface area contributed by atoms with Crippen molar-refractivity contribution < 1.29 is 13.9 Å². The molecule has 0 saturated carbocycles. The molecule has 1 N–H and O–H groups in total. The number of nitrogens with zero attached hydrogens (tertiary/aromatic N) is 2. The van der Waals surface area contributed by atoms with E-state index in [1.165, 1.54) is 19.2 Å². The molecule has 5 nitrogen and oxygen atoms in total. The molecule has 0 aliphatic carbocycles. The van der Waals surface area contributed by atoms with Crippen molar-refractivity contribution in [1.29, 1.82) is 0 Å². The number of carbonyl (C=O) groups is 1. The fourth-order valence-electron chi connectivity index (χ4n) is 1.68. The summed E-state index contributed by atoms with van der Waals surface area (Å²) in [7, 11) is 1.45. The first-order chi connectivity index (χ1) is 9.10. The van der Waals surface area contributed by atoms with Gasteiger partial charge in [-0.05, 0) is 31.2 Å². The molecule has 0 fully saturated rings. The number of hydrogen-bond donors (Lipinski definition) is 1. The van der Waals surface area contributed by atoms with Crippen LogP contribution in [0.5, 0.6) is 0 Å². The van der Waals surface area contributed by atoms with Gasteiger partial charge in [0.15, 0.2) is 0 Å². The van der Waals surface area contributed by atoms with E-state index in [4.69, 9.17) is 4.74 Å². The second-order valence-electron chi connectivity index (χ2n) is 4.04. The Hall–Kier alpha value is -2.21. The molecule has 1 heterocycles. The standard InChI is InChI=1S/C13H14FN3O2/c1-9-7-12(15-13(18)8-19-2)17(16-9)11-5-3-10(14)4-6-11/h3-7H,8H2,1-2H3,(H,15,18). The summed E-state index contributed by atoms with van der Waals surface area (Å²) < 4.78 is 19.2.